The van der Waals surface area contributed by atoms with Gasteiger partial charge in [-0.15, -0.1) is 10.2 Å². The molecule has 1 amide bonds. The number of aromatic nitrogens is 5. The summed E-state index contributed by atoms with van der Waals surface area (Å²) >= 11 is 0. The molecule has 2 aromatic heterocycles. The van der Waals surface area contributed by atoms with Crippen LogP contribution in [0.25, 0.3) is 22.6 Å². The zero-order chi connectivity index (χ0) is 22.7. The molecule has 10 nitrogen and oxygen atoms in total. The summed E-state index contributed by atoms with van der Waals surface area (Å²) in [6, 6.07) is 8.16. The fraction of sp³-hybridized carbons (Fsp3) is 0.381. The number of hydrogen-bond acceptors (Lipinski definition) is 6. The van der Waals surface area contributed by atoms with Crippen molar-refractivity contribution in [1.29, 1.82) is 0 Å². The highest BCUT2D eigenvalue weighted by molar-refractivity contribution is 5.90. The quantitative estimate of drug-likeness (QED) is 0.310. The molecule has 0 aliphatic carbocycles. The molecular formula is C21H27Cl2FN8O2. The number of quaternary nitrogens is 2. The molecule has 0 bridgehead atoms. The fourth-order valence-electron chi connectivity index (χ4n) is 3.49. The van der Waals surface area contributed by atoms with E-state index in [1.807, 2.05) is 0 Å². The van der Waals surface area contributed by atoms with Gasteiger partial charge in [0.1, 0.15) is 18.1 Å². The molecule has 13 heteroatoms. The van der Waals surface area contributed by atoms with Crippen molar-refractivity contribution in [2.75, 3.05) is 38.6 Å². The number of benzene rings is 1. The number of amides is 1. The number of carbonyl (C=O) groups is 1. The normalized spacial score (nSPS) is 15.1. The van der Waals surface area contributed by atoms with Gasteiger partial charge in [0.2, 0.25) is 5.82 Å². The first-order valence-corrected chi connectivity index (χ1v) is 10.5. The van der Waals surface area contributed by atoms with Gasteiger partial charge >= 0.3 is 6.09 Å². The molecule has 0 radical (unpaired) electrons. The molecule has 1 fully saturated rings. The number of ether oxygens (including phenoxy) is 1. The minimum atomic E-state index is -0.486. The third-order valence-corrected chi connectivity index (χ3v) is 5.25. The van der Waals surface area contributed by atoms with Crippen LogP contribution >= 0.6 is 0 Å². The van der Waals surface area contributed by atoms with E-state index in [4.69, 9.17) is 4.74 Å². The van der Waals surface area contributed by atoms with Gasteiger partial charge in [-0.25, -0.2) is 9.18 Å². The van der Waals surface area contributed by atoms with Crippen molar-refractivity contribution in [1.82, 2.24) is 25.2 Å². The van der Waals surface area contributed by atoms with Gasteiger partial charge in [-0.2, -0.15) is 4.80 Å². The number of aryl methyl sites for hydroxylation is 1. The van der Waals surface area contributed by atoms with Crippen LogP contribution in [0, 0.1) is 5.82 Å². The number of cyclic esters (lactones) is 1. The van der Waals surface area contributed by atoms with Crippen LogP contribution in [-0.4, -0.2) is 71.1 Å². The summed E-state index contributed by atoms with van der Waals surface area (Å²) in [6.45, 7) is 2.54. The molecule has 1 aromatic carbocycles. The highest BCUT2D eigenvalue weighted by Gasteiger charge is 2.32. The van der Waals surface area contributed by atoms with Crippen LogP contribution in [0.1, 0.15) is 6.42 Å². The summed E-state index contributed by atoms with van der Waals surface area (Å²) < 4.78 is 20.0. The highest BCUT2D eigenvalue weighted by atomic mass is 35.5. The molecule has 4 N–H and O–H groups in total. The number of hydrogen-bond donors (Lipinski definition) is 2. The molecule has 1 atom stereocenters. The van der Waals surface area contributed by atoms with E-state index in [1.54, 1.807) is 35.3 Å². The number of tetrazole rings is 1. The molecule has 3 heterocycles. The molecule has 0 saturated carbocycles. The lowest BCUT2D eigenvalue weighted by Crippen LogP contribution is -3.05. The zero-order valence-corrected chi connectivity index (χ0v) is 20.4. The van der Waals surface area contributed by atoms with E-state index in [-0.39, 0.29) is 30.9 Å². The van der Waals surface area contributed by atoms with E-state index >= 15 is 0 Å². The van der Waals surface area contributed by atoms with E-state index in [0.717, 1.165) is 13.0 Å². The lowest BCUT2D eigenvalue weighted by Gasteiger charge is -2.14. The van der Waals surface area contributed by atoms with Gasteiger partial charge in [0.25, 0.3) is 0 Å². The molecule has 184 valence electrons. The maximum absolute atomic E-state index is 14.8. The second-order valence-electron chi connectivity index (χ2n) is 8.02. The molecule has 0 spiro atoms. The van der Waals surface area contributed by atoms with E-state index in [2.05, 4.69) is 40.2 Å². The average molecular weight is 513 g/mol. The predicted molar refractivity (Wildman–Crippen MR) is 114 cm³/mol. The Labute approximate surface area is 209 Å². The smallest absolute Gasteiger partial charge is 0.414 e. The Balaban J connectivity index is 0.00000204. The monoisotopic (exact) mass is 512 g/mol. The van der Waals surface area contributed by atoms with Gasteiger partial charge in [0.05, 0.1) is 39.4 Å². The second kappa shape index (κ2) is 12.0. The highest BCUT2D eigenvalue weighted by Crippen LogP contribution is 2.29. The SMILES string of the molecule is C[NH+](C)CCCn1nnc(-c2ccc(-c3ccc(N4C[C@H](C[NH3+])OC4=O)cc3F)cn2)n1.[Cl-].[Cl-]. The predicted octanol–water partition coefficient (Wildman–Crippen LogP) is -6.35. The number of halogens is 3. The topological polar surface area (TPSA) is 118 Å². The third kappa shape index (κ3) is 6.17. The van der Waals surface area contributed by atoms with Crippen molar-refractivity contribution in [3.05, 3.63) is 42.3 Å². The number of rotatable bonds is 8. The maximum Gasteiger partial charge on any atom is 0.414 e. The third-order valence-electron chi connectivity index (χ3n) is 5.25. The maximum atomic E-state index is 14.8. The zero-order valence-electron chi connectivity index (χ0n) is 18.9. The fourth-order valence-corrected chi connectivity index (χ4v) is 3.49. The number of nitrogens with zero attached hydrogens (tertiary/aromatic N) is 6. The van der Waals surface area contributed by atoms with Crippen LogP contribution in [0.4, 0.5) is 14.9 Å². The van der Waals surface area contributed by atoms with Crippen molar-refractivity contribution in [2.24, 2.45) is 0 Å². The summed E-state index contributed by atoms with van der Waals surface area (Å²) in [5.74, 6) is -0.0212. The van der Waals surface area contributed by atoms with Crippen LogP contribution < -0.4 is 40.3 Å². The van der Waals surface area contributed by atoms with Gasteiger partial charge in [0.15, 0.2) is 6.10 Å². The molecule has 4 rings (SSSR count). The van der Waals surface area contributed by atoms with Crippen LogP contribution in [0.15, 0.2) is 36.5 Å². The molecule has 34 heavy (non-hydrogen) atoms. The van der Waals surface area contributed by atoms with Crippen molar-refractivity contribution < 1.29 is 49.4 Å². The van der Waals surface area contributed by atoms with Crippen LogP contribution in [0.3, 0.4) is 0 Å². The first-order valence-electron chi connectivity index (χ1n) is 10.5. The number of anilines is 1. The van der Waals surface area contributed by atoms with E-state index in [9.17, 15) is 9.18 Å². The molecular weight excluding hydrogens is 486 g/mol. The first kappa shape index (κ1) is 27.4. The van der Waals surface area contributed by atoms with Crippen LogP contribution in [0.5, 0.6) is 0 Å². The Morgan fingerprint density at radius 3 is 2.65 bits per heavy atom. The summed E-state index contributed by atoms with van der Waals surface area (Å²) in [5, 5.41) is 12.5. The van der Waals surface area contributed by atoms with E-state index in [1.165, 1.54) is 15.9 Å². The molecule has 1 saturated heterocycles. The lowest BCUT2D eigenvalue weighted by molar-refractivity contribution is -0.858. The van der Waals surface area contributed by atoms with Gasteiger partial charge in [-0.1, -0.05) is 6.07 Å². The molecule has 3 aromatic rings. The van der Waals surface area contributed by atoms with E-state index in [0.29, 0.717) is 48.0 Å². The Bertz CT molecular complexity index is 1100. The average Bonchev–Trinajstić information content (AvgIpc) is 3.40. The Morgan fingerprint density at radius 1 is 1.24 bits per heavy atom. The van der Waals surface area contributed by atoms with Crippen LogP contribution in [-0.2, 0) is 11.3 Å². The van der Waals surface area contributed by atoms with Gasteiger partial charge < -0.3 is 40.2 Å². The van der Waals surface area contributed by atoms with Crippen LogP contribution in [0.2, 0.25) is 0 Å². The summed E-state index contributed by atoms with van der Waals surface area (Å²) in [4.78, 5) is 20.7. The minimum absolute atomic E-state index is 0. The number of pyridine rings is 1. The molecule has 0 unspecified atom stereocenters. The van der Waals surface area contributed by atoms with Crippen molar-refractivity contribution in [3.8, 4) is 22.6 Å². The largest absolute Gasteiger partial charge is 1.00 e. The van der Waals surface area contributed by atoms with Crippen molar-refractivity contribution in [2.45, 2.75) is 19.1 Å². The number of carbonyl (C=O) groups excluding carboxylic acids is 1. The standard InChI is InChI=1S/C21H25FN8O2.2ClH/c1-28(2)8-3-9-30-26-20(25-27-30)19-7-4-14(12-24-19)17-6-5-15(10-18(17)22)29-13-16(11-23)32-21(29)31;;/h4-7,10,12,16H,3,8-9,11,13,23H2,1-2H3;2*1H/t16-;;/m0../s1. The van der Waals surface area contributed by atoms with Crippen molar-refractivity contribution >= 4 is 11.8 Å². The van der Waals surface area contributed by atoms with Gasteiger partial charge in [-0.3, -0.25) is 9.88 Å². The van der Waals surface area contributed by atoms with Gasteiger partial charge in [-0.05, 0) is 29.5 Å². The Morgan fingerprint density at radius 2 is 2.03 bits per heavy atom. The molecule has 1 aliphatic rings. The number of nitrogens with one attached hydrogen (secondary N) is 1. The minimum Gasteiger partial charge on any atom is -1.00 e. The molecule has 1 aliphatic heterocycles. The Kier molecular flexibility index (Phi) is 9.68. The summed E-state index contributed by atoms with van der Waals surface area (Å²) in [6.07, 6.45) is 1.76. The summed E-state index contributed by atoms with van der Waals surface area (Å²) in [5.41, 5.74) is 5.76. The second-order valence-corrected chi connectivity index (χ2v) is 8.02. The first-order chi connectivity index (χ1) is 15.4. The lowest BCUT2D eigenvalue weighted by atomic mass is 10.1. The van der Waals surface area contributed by atoms with Gasteiger partial charge in [0, 0.05) is 23.7 Å². The van der Waals surface area contributed by atoms with E-state index < -0.39 is 11.9 Å². The summed E-state index contributed by atoms with van der Waals surface area (Å²) in [7, 11) is 4.20. The van der Waals surface area contributed by atoms with Crippen molar-refractivity contribution in [3.63, 3.8) is 0 Å². The Hall–Kier alpha value is -2.86.